The van der Waals surface area contributed by atoms with Crippen LogP contribution < -0.4 is 5.32 Å². The second kappa shape index (κ2) is 13.3. The summed E-state index contributed by atoms with van der Waals surface area (Å²) in [6.45, 7) is 9.26. The Kier molecular flexibility index (Phi) is 10.7. The van der Waals surface area contributed by atoms with E-state index in [1.54, 1.807) is 18.2 Å². The summed E-state index contributed by atoms with van der Waals surface area (Å²) in [4.78, 5) is 27.8. The van der Waals surface area contributed by atoms with Gasteiger partial charge in [-0.2, -0.15) is 0 Å². The molecule has 0 atom stereocenters. The zero-order valence-electron chi connectivity index (χ0n) is 18.1. The number of ether oxygens (including phenoxy) is 2. The van der Waals surface area contributed by atoms with E-state index in [2.05, 4.69) is 22.2 Å². The Morgan fingerprint density at radius 1 is 1.17 bits per heavy atom. The molecule has 1 heterocycles. The Bertz CT molecular complexity index is 677. The number of nitro benzene ring substituents is 1. The van der Waals surface area contributed by atoms with Gasteiger partial charge >= 0.3 is 5.97 Å². The highest BCUT2D eigenvalue weighted by Gasteiger charge is 2.20. The molecule has 0 bridgehead atoms. The molecule has 168 valence electrons. The monoisotopic (exact) mass is 422 g/mol. The first-order valence-electron chi connectivity index (χ1n) is 10.6. The SMILES string of the molecule is CCOCc1cccc(COC(=O)CCNCCCN2CCN(C)CC2)c1[N+](=O)[O-]. The average molecular weight is 423 g/mol. The van der Waals surface area contributed by atoms with E-state index in [4.69, 9.17) is 9.47 Å². The van der Waals surface area contributed by atoms with Gasteiger partial charge in [0.1, 0.15) is 6.61 Å². The lowest BCUT2D eigenvalue weighted by Crippen LogP contribution is -2.45. The van der Waals surface area contributed by atoms with Gasteiger partial charge in [-0.1, -0.05) is 6.07 Å². The van der Waals surface area contributed by atoms with Crippen LogP contribution in [-0.2, 0) is 27.5 Å². The van der Waals surface area contributed by atoms with Gasteiger partial charge in [-0.05, 0) is 45.6 Å². The smallest absolute Gasteiger partial charge is 0.307 e. The molecule has 0 radical (unpaired) electrons. The summed E-state index contributed by atoms with van der Waals surface area (Å²) in [5.74, 6) is -0.369. The summed E-state index contributed by atoms with van der Waals surface area (Å²) >= 11 is 0. The van der Waals surface area contributed by atoms with Crippen LogP contribution in [0.4, 0.5) is 5.69 Å². The number of esters is 1. The molecule has 9 nitrogen and oxygen atoms in total. The molecular weight excluding hydrogens is 388 g/mol. The van der Waals surface area contributed by atoms with Crippen molar-refractivity contribution in [1.29, 1.82) is 0 Å². The van der Waals surface area contributed by atoms with E-state index in [1.807, 2.05) is 6.92 Å². The van der Waals surface area contributed by atoms with Crippen LogP contribution in [0, 0.1) is 10.1 Å². The Balaban J connectivity index is 1.65. The molecule has 0 saturated carbocycles. The maximum Gasteiger partial charge on any atom is 0.307 e. The first-order valence-corrected chi connectivity index (χ1v) is 10.6. The normalized spacial score (nSPS) is 15.3. The number of piperazine rings is 1. The van der Waals surface area contributed by atoms with Crippen molar-refractivity contribution in [3.63, 3.8) is 0 Å². The third kappa shape index (κ3) is 8.35. The molecule has 0 unspecified atom stereocenters. The third-order valence-electron chi connectivity index (χ3n) is 5.17. The van der Waals surface area contributed by atoms with E-state index in [0.29, 0.717) is 24.3 Å². The molecule has 1 fully saturated rings. The molecule has 1 N–H and O–H groups in total. The highest BCUT2D eigenvalue weighted by Crippen LogP contribution is 2.25. The van der Waals surface area contributed by atoms with Crippen LogP contribution in [0.3, 0.4) is 0 Å². The highest BCUT2D eigenvalue weighted by atomic mass is 16.6. The van der Waals surface area contributed by atoms with Gasteiger partial charge in [0.2, 0.25) is 0 Å². The van der Waals surface area contributed by atoms with Crippen LogP contribution in [0.1, 0.15) is 30.9 Å². The van der Waals surface area contributed by atoms with Gasteiger partial charge in [-0.15, -0.1) is 0 Å². The number of carbonyl (C=O) groups excluding carboxylic acids is 1. The van der Waals surface area contributed by atoms with Gasteiger partial charge in [0.05, 0.1) is 29.1 Å². The molecule has 1 saturated heterocycles. The van der Waals surface area contributed by atoms with Crippen LogP contribution in [0.15, 0.2) is 18.2 Å². The van der Waals surface area contributed by atoms with Crippen LogP contribution in [0.25, 0.3) is 0 Å². The zero-order valence-corrected chi connectivity index (χ0v) is 18.1. The first-order chi connectivity index (χ1) is 14.5. The van der Waals surface area contributed by atoms with Gasteiger partial charge in [0, 0.05) is 39.3 Å². The lowest BCUT2D eigenvalue weighted by atomic mass is 10.1. The molecule has 0 spiro atoms. The van der Waals surface area contributed by atoms with E-state index in [-0.39, 0.29) is 31.3 Å². The van der Waals surface area contributed by atoms with Gasteiger partial charge in [0.25, 0.3) is 5.69 Å². The van der Waals surface area contributed by atoms with E-state index < -0.39 is 4.92 Å². The minimum Gasteiger partial charge on any atom is -0.460 e. The molecule has 1 aliphatic heterocycles. The number of carbonyl (C=O) groups is 1. The number of rotatable bonds is 13. The van der Waals surface area contributed by atoms with E-state index in [9.17, 15) is 14.9 Å². The second-order valence-corrected chi connectivity index (χ2v) is 7.48. The molecule has 9 heteroatoms. The van der Waals surface area contributed by atoms with Crippen LogP contribution in [0.2, 0.25) is 0 Å². The molecule has 0 amide bonds. The lowest BCUT2D eigenvalue weighted by molar-refractivity contribution is -0.386. The fourth-order valence-electron chi connectivity index (χ4n) is 3.37. The number of likely N-dealkylation sites (N-methyl/N-ethyl adjacent to an activating group) is 1. The van der Waals surface area contributed by atoms with Crippen molar-refractivity contribution in [3.05, 3.63) is 39.4 Å². The molecule has 30 heavy (non-hydrogen) atoms. The lowest BCUT2D eigenvalue weighted by Gasteiger charge is -2.32. The predicted molar refractivity (Wildman–Crippen MR) is 114 cm³/mol. The van der Waals surface area contributed by atoms with Gasteiger partial charge in [0.15, 0.2) is 0 Å². The van der Waals surface area contributed by atoms with Crippen molar-refractivity contribution < 1.29 is 19.2 Å². The Morgan fingerprint density at radius 3 is 2.53 bits per heavy atom. The molecule has 0 aromatic heterocycles. The van der Waals surface area contributed by atoms with E-state index in [0.717, 1.165) is 45.7 Å². The summed E-state index contributed by atoms with van der Waals surface area (Å²) in [6.07, 6.45) is 1.28. The fraction of sp³-hybridized carbons (Fsp3) is 0.667. The number of para-hydroxylation sites is 1. The van der Waals surface area contributed by atoms with E-state index >= 15 is 0 Å². The van der Waals surface area contributed by atoms with Crippen LogP contribution in [-0.4, -0.2) is 80.2 Å². The Morgan fingerprint density at radius 2 is 1.87 bits per heavy atom. The summed E-state index contributed by atoms with van der Waals surface area (Å²) in [7, 11) is 2.15. The van der Waals surface area contributed by atoms with Crippen molar-refractivity contribution in [3.8, 4) is 0 Å². The number of benzene rings is 1. The number of nitro groups is 1. The fourth-order valence-corrected chi connectivity index (χ4v) is 3.37. The third-order valence-corrected chi connectivity index (χ3v) is 5.17. The molecular formula is C21H34N4O5. The highest BCUT2D eigenvalue weighted by molar-refractivity contribution is 5.69. The van der Waals surface area contributed by atoms with Crippen molar-refractivity contribution in [1.82, 2.24) is 15.1 Å². The first kappa shape index (κ1) is 24.2. The minimum atomic E-state index is -0.445. The predicted octanol–water partition coefficient (Wildman–Crippen LogP) is 1.79. The van der Waals surface area contributed by atoms with Crippen LogP contribution in [0.5, 0.6) is 0 Å². The molecule has 2 rings (SSSR count). The number of nitrogens with one attached hydrogen (secondary N) is 1. The standard InChI is InChI=1S/C21H34N4O5/c1-3-29-16-18-6-4-7-19(21(18)25(27)28)17-30-20(26)8-10-22-9-5-11-24-14-12-23(2)13-15-24/h4,6-7,22H,3,5,8-17H2,1-2H3. The second-order valence-electron chi connectivity index (χ2n) is 7.48. The Hall–Kier alpha value is -2.07. The molecule has 1 aromatic rings. The minimum absolute atomic E-state index is 0.0409. The zero-order chi connectivity index (χ0) is 21.8. The average Bonchev–Trinajstić information content (AvgIpc) is 2.74. The van der Waals surface area contributed by atoms with Crippen molar-refractivity contribution in [2.24, 2.45) is 0 Å². The Labute approximate surface area is 178 Å². The van der Waals surface area contributed by atoms with Crippen LogP contribution >= 0.6 is 0 Å². The number of hydrogen-bond donors (Lipinski definition) is 1. The van der Waals surface area contributed by atoms with Gasteiger partial charge in [-0.3, -0.25) is 14.9 Å². The van der Waals surface area contributed by atoms with E-state index in [1.165, 1.54) is 0 Å². The molecule has 0 aliphatic carbocycles. The van der Waals surface area contributed by atoms with Gasteiger partial charge in [-0.25, -0.2) is 0 Å². The quantitative estimate of drug-likeness (QED) is 0.222. The van der Waals surface area contributed by atoms with Crippen molar-refractivity contribution in [2.75, 3.05) is 59.5 Å². The summed E-state index contributed by atoms with van der Waals surface area (Å²) in [5.41, 5.74) is 0.823. The summed E-state index contributed by atoms with van der Waals surface area (Å²) in [6, 6.07) is 4.98. The maximum absolute atomic E-state index is 12.0. The maximum atomic E-state index is 12.0. The topological polar surface area (TPSA) is 97.2 Å². The number of hydrogen-bond acceptors (Lipinski definition) is 8. The van der Waals surface area contributed by atoms with Crippen molar-refractivity contribution >= 4 is 11.7 Å². The van der Waals surface area contributed by atoms with Gasteiger partial charge < -0.3 is 24.6 Å². The number of nitrogens with zero attached hydrogens (tertiary/aromatic N) is 3. The summed E-state index contributed by atoms with van der Waals surface area (Å²) < 4.78 is 10.5. The molecule has 1 aromatic carbocycles. The summed E-state index contributed by atoms with van der Waals surface area (Å²) in [5, 5.41) is 14.7. The molecule has 1 aliphatic rings. The van der Waals surface area contributed by atoms with Crippen molar-refractivity contribution in [2.45, 2.75) is 33.0 Å². The largest absolute Gasteiger partial charge is 0.460 e.